The molecule has 1 heterocycles. The first-order valence-corrected chi connectivity index (χ1v) is 6.31. The van der Waals surface area contributed by atoms with Crippen LogP contribution in [0.4, 0.5) is 0 Å². The van der Waals surface area contributed by atoms with Crippen LogP contribution in [0, 0.1) is 5.92 Å². The van der Waals surface area contributed by atoms with E-state index >= 15 is 0 Å². The lowest BCUT2D eigenvalue weighted by Gasteiger charge is -2.12. The van der Waals surface area contributed by atoms with Crippen LogP contribution in [0.25, 0.3) is 0 Å². The van der Waals surface area contributed by atoms with Crippen LogP contribution < -0.4 is 0 Å². The third-order valence-corrected chi connectivity index (χ3v) is 3.15. The van der Waals surface area contributed by atoms with Gasteiger partial charge in [-0.25, -0.2) is 0 Å². The van der Waals surface area contributed by atoms with E-state index in [0.717, 1.165) is 18.5 Å². The molecule has 0 aromatic carbocycles. The van der Waals surface area contributed by atoms with Gasteiger partial charge < -0.3 is 5.11 Å². The summed E-state index contributed by atoms with van der Waals surface area (Å²) in [5.41, 5.74) is 2.02. The minimum Gasteiger partial charge on any atom is -0.387 e. The highest BCUT2D eigenvalue weighted by molar-refractivity contribution is 7.59. The van der Waals surface area contributed by atoms with Crippen molar-refractivity contribution in [3.8, 4) is 0 Å². The van der Waals surface area contributed by atoms with Crippen molar-refractivity contribution in [3.05, 3.63) is 29.6 Å². The van der Waals surface area contributed by atoms with E-state index in [1.54, 1.807) is 0 Å². The van der Waals surface area contributed by atoms with Gasteiger partial charge in [-0.2, -0.15) is 13.5 Å². The van der Waals surface area contributed by atoms with Gasteiger partial charge in [0.15, 0.2) is 0 Å². The van der Waals surface area contributed by atoms with Crippen LogP contribution in [0.2, 0.25) is 0 Å². The SMILES string of the molecule is CC(C)CC[C@H](O)c1cccc(C2CC2)n1.S. The molecule has 2 nitrogen and oxygen atoms in total. The lowest BCUT2D eigenvalue weighted by molar-refractivity contribution is 0.154. The second kappa shape index (κ2) is 6.41. The fraction of sp³-hybridized carbons (Fsp3) is 0.643. The van der Waals surface area contributed by atoms with Gasteiger partial charge in [0.05, 0.1) is 11.8 Å². The second-order valence-electron chi connectivity index (χ2n) is 5.25. The van der Waals surface area contributed by atoms with Crippen LogP contribution in [0.5, 0.6) is 0 Å². The molecule has 17 heavy (non-hydrogen) atoms. The van der Waals surface area contributed by atoms with Gasteiger partial charge >= 0.3 is 0 Å². The summed E-state index contributed by atoms with van der Waals surface area (Å²) < 4.78 is 0. The molecule has 1 aliphatic carbocycles. The van der Waals surface area contributed by atoms with Crippen LogP contribution in [0.15, 0.2) is 18.2 Å². The zero-order valence-corrected chi connectivity index (χ0v) is 11.7. The van der Waals surface area contributed by atoms with Gasteiger partial charge in [-0.3, -0.25) is 4.98 Å². The molecule has 2 rings (SSSR count). The minimum atomic E-state index is -0.388. The molecule has 0 bridgehead atoms. The Hall–Kier alpha value is -0.540. The first kappa shape index (κ1) is 14.5. The fourth-order valence-electron chi connectivity index (χ4n) is 1.90. The Balaban J connectivity index is 0.00000144. The third-order valence-electron chi connectivity index (χ3n) is 3.15. The molecule has 0 saturated heterocycles. The van der Waals surface area contributed by atoms with Crippen molar-refractivity contribution in [2.75, 3.05) is 0 Å². The molecule has 1 atom stereocenters. The van der Waals surface area contributed by atoms with E-state index in [2.05, 4.69) is 24.9 Å². The van der Waals surface area contributed by atoms with Gasteiger partial charge in [0.25, 0.3) is 0 Å². The van der Waals surface area contributed by atoms with Gasteiger partial charge in [0.1, 0.15) is 0 Å². The molecule has 1 aromatic heterocycles. The standard InChI is InChI=1S/C14H21NO.H2S/c1-10(2)6-9-14(16)13-5-3-4-12(15-13)11-7-8-11;/h3-5,10-11,14,16H,6-9H2,1-2H3;1H2/t14-;/m0./s1. The van der Waals surface area contributed by atoms with Gasteiger partial charge in [-0.15, -0.1) is 0 Å². The average Bonchev–Trinajstić information content (AvgIpc) is 3.10. The van der Waals surface area contributed by atoms with Crippen LogP contribution in [0.1, 0.15) is 62.9 Å². The minimum absolute atomic E-state index is 0. The predicted molar refractivity (Wildman–Crippen MR) is 75.6 cm³/mol. The maximum Gasteiger partial charge on any atom is 0.0960 e. The molecule has 1 fully saturated rings. The van der Waals surface area contributed by atoms with Gasteiger partial charge in [0.2, 0.25) is 0 Å². The summed E-state index contributed by atoms with van der Waals surface area (Å²) >= 11 is 0. The molecular weight excluding hydrogens is 230 g/mol. The maximum atomic E-state index is 10.0. The number of aliphatic hydroxyl groups is 1. The van der Waals surface area contributed by atoms with Crippen LogP contribution in [-0.2, 0) is 0 Å². The molecular formula is C14H23NOS. The quantitative estimate of drug-likeness (QED) is 0.870. The Labute approximate surface area is 111 Å². The maximum absolute atomic E-state index is 10.0. The summed E-state index contributed by atoms with van der Waals surface area (Å²) in [6.45, 7) is 4.36. The fourth-order valence-corrected chi connectivity index (χ4v) is 1.90. The average molecular weight is 253 g/mol. The van der Waals surface area contributed by atoms with E-state index in [-0.39, 0.29) is 19.6 Å². The van der Waals surface area contributed by atoms with Crippen molar-refractivity contribution in [1.82, 2.24) is 4.98 Å². The number of hydrogen-bond acceptors (Lipinski definition) is 2. The zero-order valence-electron chi connectivity index (χ0n) is 10.7. The van der Waals surface area contributed by atoms with Crippen molar-refractivity contribution in [1.29, 1.82) is 0 Å². The zero-order chi connectivity index (χ0) is 11.5. The van der Waals surface area contributed by atoms with Gasteiger partial charge in [-0.05, 0) is 43.7 Å². The number of rotatable bonds is 5. The largest absolute Gasteiger partial charge is 0.387 e. The van der Waals surface area contributed by atoms with Crippen molar-refractivity contribution in [2.45, 2.75) is 51.6 Å². The predicted octanol–water partition coefficient (Wildman–Crippen LogP) is 3.54. The Morgan fingerprint density at radius 2 is 2.00 bits per heavy atom. The summed E-state index contributed by atoms with van der Waals surface area (Å²) in [5, 5.41) is 10.0. The highest BCUT2D eigenvalue weighted by atomic mass is 32.1. The molecule has 1 aliphatic rings. The monoisotopic (exact) mass is 253 g/mol. The molecule has 0 amide bonds. The van der Waals surface area contributed by atoms with Crippen LogP contribution in [0.3, 0.4) is 0 Å². The summed E-state index contributed by atoms with van der Waals surface area (Å²) in [6.07, 6.45) is 4.01. The first-order chi connectivity index (χ1) is 7.66. The molecule has 96 valence electrons. The topological polar surface area (TPSA) is 33.1 Å². The summed E-state index contributed by atoms with van der Waals surface area (Å²) in [4.78, 5) is 4.56. The van der Waals surface area contributed by atoms with E-state index in [4.69, 9.17) is 0 Å². The van der Waals surface area contributed by atoms with E-state index in [0.29, 0.717) is 11.8 Å². The van der Waals surface area contributed by atoms with Crippen molar-refractivity contribution in [3.63, 3.8) is 0 Å². The summed E-state index contributed by atoms with van der Waals surface area (Å²) in [5.74, 6) is 1.30. The van der Waals surface area contributed by atoms with Crippen molar-refractivity contribution < 1.29 is 5.11 Å². The molecule has 0 unspecified atom stereocenters. The van der Waals surface area contributed by atoms with Crippen molar-refractivity contribution >= 4 is 13.5 Å². The van der Waals surface area contributed by atoms with Crippen LogP contribution >= 0.6 is 13.5 Å². The number of nitrogens with zero attached hydrogens (tertiary/aromatic N) is 1. The lowest BCUT2D eigenvalue weighted by Crippen LogP contribution is -2.03. The molecule has 1 saturated carbocycles. The highest BCUT2D eigenvalue weighted by Gasteiger charge is 2.25. The van der Waals surface area contributed by atoms with Gasteiger partial charge in [0, 0.05) is 11.6 Å². The number of hydrogen-bond donors (Lipinski definition) is 1. The molecule has 1 aromatic rings. The molecule has 3 heteroatoms. The van der Waals surface area contributed by atoms with Crippen molar-refractivity contribution in [2.24, 2.45) is 5.92 Å². The number of pyridine rings is 1. The number of aromatic nitrogens is 1. The van der Waals surface area contributed by atoms with E-state index < -0.39 is 0 Å². The molecule has 1 N–H and O–H groups in total. The Kier molecular flexibility index (Phi) is 5.47. The Morgan fingerprint density at radius 1 is 1.29 bits per heavy atom. The van der Waals surface area contributed by atoms with E-state index in [9.17, 15) is 5.11 Å². The molecule has 0 aliphatic heterocycles. The number of aliphatic hydroxyl groups excluding tert-OH is 1. The lowest BCUT2D eigenvalue weighted by atomic mass is 10.0. The van der Waals surface area contributed by atoms with E-state index in [1.807, 2.05) is 12.1 Å². The van der Waals surface area contributed by atoms with E-state index in [1.165, 1.54) is 18.5 Å². The van der Waals surface area contributed by atoms with Gasteiger partial charge in [-0.1, -0.05) is 19.9 Å². The first-order valence-electron chi connectivity index (χ1n) is 6.31. The molecule has 0 radical (unpaired) electrons. The molecule has 0 spiro atoms. The Bertz CT molecular complexity index is 350. The Morgan fingerprint density at radius 3 is 2.59 bits per heavy atom. The van der Waals surface area contributed by atoms with Crippen LogP contribution in [-0.4, -0.2) is 10.1 Å². The third kappa shape index (κ3) is 4.32. The summed E-state index contributed by atoms with van der Waals surface area (Å²) in [7, 11) is 0. The smallest absolute Gasteiger partial charge is 0.0960 e. The summed E-state index contributed by atoms with van der Waals surface area (Å²) in [6, 6.07) is 6.04. The highest BCUT2D eigenvalue weighted by Crippen LogP contribution is 2.39. The normalized spacial score (nSPS) is 16.7. The second-order valence-corrected chi connectivity index (χ2v) is 5.25.